The molecule has 1 aliphatic rings. The Balaban J connectivity index is 1.53. The van der Waals surface area contributed by atoms with E-state index >= 15 is 0 Å². The van der Waals surface area contributed by atoms with E-state index < -0.39 is 23.8 Å². The van der Waals surface area contributed by atoms with Gasteiger partial charge < -0.3 is 20.1 Å². The normalized spacial score (nSPS) is 16.1. The molecule has 0 bridgehead atoms. The van der Waals surface area contributed by atoms with E-state index in [1.165, 1.54) is 18.3 Å². The summed E-state index contributed by atoms with van der Waals surface area (Å²) >= 11 is 0. The molecule has 1 aliphatic heterocycles. The quantitative estimate of drug-likeness (QED) is 0.425. The molecular formula is C24H29F3N4O3. The van der Waals surface area contributed by atoms with Gasteiger partial charge in [-0.1, -0.05) is 12.1 Å². The third-order valence-corrected chi connectivity index (χ3v) is 5.39. The molecule has 1 saturated heterocycles. The van der Waals surface area contributed by atoms with Crippen LogP contribution in [0.1, 0.15) is 22.3 Å². The molecule has 184 valence electrons. The minimum Gasteiger partial charge on any atom is -0.389 e. The van der Waals surface area contributed by atoms with Gasteiger partial charge in [-0.2, -0.15) is 13.2 Å². The average molecular weight is 479 g/mol. The lowest BCUT2D eigenvalue weighted by atomic mass is 10.1. The second-order valence-corrected chi connectivity index (χ2v) is 8.06. The number of aromatic nitrogens is 1. The number of rotatable bonds is 9. The van der Waals surface area contributed by atoms with Crippen LogP contribution in [0.25, 0.3) is 0 Å². The van der Waals surface area contributed by atoms with Crippen molar-refractivity contribution in [1.29, 1.82) is 0 Å². The van der Waals surface area contributed by atoms with Crippen molar-refractivity contribution in [1.82, 2.24) is 9.88 Å². The number of aliphatic hydroxyl groups is 1. The Bertz CT molecular complexity index is 953. The van der Waals surface area contributed by atoms with Crippen molar-refractivity contribution in [2.45, 2.75) is 18.7 Å². The maximum Gasteiger partial charge on any atom is 0.416 e. The Hall–Kier alpha value is -2.95. The van der Waals surface area contributed by atoms with E-state index in [9.17, 15) is 23.1 Å². The Labute approximate surface area is 196 Å². The second-order valence-electron chi connectivity index (χ2n) is 8.06. The number of benzene rings is 1. The standard InChI is InChI=1S/C24H29F3N4O3/c1-2-13-34-17-21(32)16-30-9-4-10-31(12-11-30)22-8-7-20(15-28-22)29-23(33)18-5-3-6-19(14-18)24(25,26)27/h2-3,5-8,14-15,21,32H,1,4,9-13,16-17H2,(H,29,33). The minimum atomic E-state index is -4.51. The predicted molar refractivity (Wildman–Crippen MR) is 124 cm³/mol. The van der Waals surface area contributed by atoms with Gasteiger partial charge in [0.05, 0.1) is 36.8 Å². The van der Waals surface area contributed by atoms with Crippen LogP contribution in [0.2, 0.25) is 0 Å². The molecule has 1 atom stereocenters. The van der Waals surface area contributed by atoms with Crippen molar-refractivity contribution in [3.05, 3.63) is 66.4 Å². The summed E-state index contributed by atoms with van der Waals surface area (Å²) in [6, 6.07) is 7.73. The Morgan fingerprint density at radius 1 is 1.24 bits per heavy atom. The zero-order valence-electron chi connectivity index (χ0n) is 18.8. The number of halogens is 3. The fourth-order valence-corrected chi connectivity index (χ4v) is 3.71. The fourth-order valence-electron chi connectivity index (χ4n) is 3.71. The Kier molecular flexibility index (Phi) is 9.03. The molecule has 2 aromatic rings. The van der Waals surface area contributed by atoms with Gasteiger partial charge in [-0.25, -0.2) is 4.98 Å². The van der Waals surface area contributed by atoms with Crippen LogP contribution < -0.4 is 10.2 Å². The number of hydrogen-bond donors (Lipinski definition) is 2. The van der Waals surface area contributed by atoms with E-state index in [1.807, 2.05) is 0 Å². The van der Waals surface area contributed by atoms with Crippen molar-refractivity contribution < 1.29 is 27.8 Å². The first kappa shape index (κ1) is 25.7. The molecular weight excluding hydrogens is 449 g/mol. The first-order valence-corrected chi connectivity index (χ1v) is 11.0. The molecule has 34 heavy (non-hydrogen) atoms. The van der Waals surface area contributed by atoms with Crippen LogP contribution in [-0.4, -0.2) is 72.9 Å². The van der Waals surface area contributed by atoms with Gasteiger partial charge in [-0.15, -0.1) is 6.58 Å². The SMILES string of the molecule is C=CCOCC(O)CN1CCCN(c2ccc(NC(=O)c3cccc(C(F)(F)F)c3)cn2)CC1. The number of hydrogen-bond acceptors (Lipinski definition) is 6. The fraction of sp³-hybridized carbons (Fsp3) is 0.417. The van der Waals surface area contributed by atoms with E-state index in [4.69, 9.17) is 4.74 Å². The molecule has 1 aromatic heterocycles. The number of amides is 1. The molecule has 0 aliphatic carbocycles. The highest BCUT2D eigenvalue weighted by Gasteiger charge is 2.31. The highest BCUT2D eigenvalue weighted by Crippen LogP contribution is 2.29. The van der Waals surface area contributed by atoms with Gasteiger partial charge in [-0.05, 0) is 43.3 Å². The second kappa shape index (κ2) is 12.0. The topological polar surface area (TPSA) is 77.9 Å². The molecule has 2 heterocycles. The number of nitrogens with one attached hydrogen (secondary N) is 1. The van der Waals surface area contributed by atoms with E-state index in [0.29, 0.717) is 18.8 Å². The molecule has 3 rings (SSSR count). The van der Waals surface area contributed by atoms with Crippen molar-refractivity contribution in [2.24, 2.45) is 0 Å². The van der Waals surface area contributed by atoms with Gasteiger partial charge in [0.15, 0.2) is 0 Å². The zero-order chi connectivity index (χ0) is 24.6. The Morgan fingerprint density at radius 3 is 2.76 bits per heavy atom. The molecule has 1 unspecified atom stereocenters. The molecule has 10 heteroatoms. The van der Waals surface area contributed by atoms with Gasteiger partial charge in [0.25, 0.3) is 5.91 Å². The predicted octanol–water partition coefficient (Wildman–Crippen LogP) is 3.43. The van der Waals surface area contributed by atoms with Crippen LogP contribution in [0.15, 0.2) is 55.3 Å². The van der Waals surface area contributed by atoms with E-state index in [2.05, 4.69) is 26.7 Å². The first-order valence-electron chi connectivity index (χ1n) is 11.0. The van der Waals surface area contributed by atoms with Gasteiger partial charge in [0.2, 0.25) is 0 Å². The number of nitrogens with zero attached hydrogens (tertiary/aromatic N) is 3. The third kappa shape index (κ3) is 7.54. The number of alkyl halides is 3. The van der Waals surface area contributed by atoms with E-state index in [0.717, 1.165) is 50.6 Å². The number of carbonyl (C=O) groups excluding carboxylic acids is 1. The first-order chi connectivity index (χ1) is 16.3. The Morgan fingerprint density at radius 2 is 2.06 bits per heavy atom. The van der Waals surface area contributed by atoms with E-state index in [-0.39, 0.29) is 12.2 Å². The maximum absolute atomic E-state index is 12.9. The van der Waals surface area contributed by atoms with Crippen molar-refractivity contribution in [3.63, 3.8) is 0 Å². The van der Waals surface area contributed by atoms with Crippen molar-refractivity contribution in [3.8, 4) is 0 Å². The molecule has 1 fully saturated rings. The van der Waals surface area contributed by atoms with Crippen molar-refractivity contribution in [2.75, 3.05) is 56.2 Å². The van der Waals surface area contributed by atoms with Gasteiger partial charge in [0, 0.05) is 31.7 Å². The van der Waals surface area contributed by atoms with Gasteiger partial charge in [-0.3, -0.25) is 9.69 Å². The van der Waals surface area contributed by atoms with Crippen LogP contribution in [0, 0.1) is 0 Å². The molecule has 1 aromatic carbocycles. The number of aliphatic hydroxyl groups excluding tert-OH is 1. The van der Waals surface area contributed by atoms with Gasteiger partial charge in [0.1, 0.15) is 5.82 Å². The summed E-state index contributed by atoms with van der Waals surface area (Å²) in [5, 5.41) is 12.7. The lowest BCUT2D eigenvalue weighted by Gasteiger charge is -2.24. The maximum atomic E-state index is 12.9. The van der Waals surface area contributed by atoms with Crippen LogP contribution in [0.4, 0.5) is 24.7 Å². The number of β-amino-alcohol motifs (C(OH)–C–C–N with tert-alkyl or cyclic N) is 1. The smallest absolute Gasteiger partial charge is 0.389 e. The summed E-state index contributed by atoms with van der Waals surface area (Å²) in [5.41, 5.74) is -0.561. The molecule has 1 amide bonds. The molecule has 7 nitrogen and oxygen atoms in total. The van der Waals surface area contributed by atoms with Crippen LogP contribution >= 0.6 is 0 Å². The highest BCUT2D eigenvalue weighted by atomic mass is 19.4. The third-order valence-electron chi connectivity index (χ3n) is 5.39. The summed E-state index contributed by atoms with van der Waals surface area (Å²) in [5.74, 6) is 0.107. The summed E-state index contributed by atoms with van der Waals surface area (Å²) < 4.78 is 44.0. The lowest BCUT2D eigenvalue weighted by Crippen LogP contribution is -2.37. The lowest BCUT2D eigenvalue weighted by molar-refractivity contribution is -0.137. The molecule has 0 spiro atoms. The largest absolute Gasteiger partial charge is 0.416 e. The number of ether oxygens (including phenoxy) is 1. The molecule has 2 N–H and O–H groups in total. The number of pyridine rings is 1. The summed E-state index contributed by atoms with van der Waals surface area (Å²) in [4.78, 5) is 21.1. The summed E-state index contributed by atoms with van der Waals surface area (Å²) in [6.07, 6.45) is -1.05. The molecule has 0 saturated carbocycles. The zero-order valence-corrected chi connectivity index (χ0v) is 18.8. The van der Waals surface area contributed by atoms with Crippen LogP contribution in [-0.2, 0) is 10.9 Å². The highest BCUT2D eigenvalue weighted by molar-refractivity contribution is 6.04. The van der Waals surface area contributed by atoms with Crippen LogP contribution in [0.3, 0.4) is 0 Å². The summed E-state index contributed by atoms with van der Waals surface area (Å²) in [7, 11) is 0. The number of anilines is 2. The summed E-state index contributed by atoms with van der Waals surface area (Å²) in [6.45, 7) is 7.91. The van der Waals surface area contributed by atoms with Crippen molar-refractivity contribution >= 4 is 17.4 Å². The monoisotopic (exact) mass is 478 g/mol. The number of carbonyl (C=O) groups is 1. The average Bonchev–Trinajstić information content (AvgIpc) is 3.05. The molecule has 0 radical (unpaired) electrons. The van der Waals surface area contributed by atoms with Gasteiger partial charge >= 0.3 is 6.18 Å². The van der Waals surface area contributed by atoms with E-state index in [1.54, 1.807) is 18.2 Å². The van der Waals surface area contributed by atoms with Crippen LogP contribution in [0.5, 0.6) is 0 Å². The minimum absolute atomic E-state index is 0.0800.